The molecule has 0 radical (unpaired) electrons. The molecule has 0 amide bonds. The molecule has 2 aromatic heterocycles. The summed E-state index contributed by atoms with van der Waals surface area (Å²) < 4.78 is 0. The number of rotatable bonds is 4. The van der Waals surface area contributed by atoms with Gasteiger partial charge in [-0.2, -0.15) is 4.80 Å². The van der Waals surface area contributed by atoms with Gasteiger partial charge in [0.25, 0.3) is 0 Å². The van der Waals surface area contributed by atoms with E-state index in [1.54, 1.807) is 18.4 Å². The number of nitrogens with two attached hydrogens (primary N) is 1. The molecule has 3 N–H and O–H groups in total. The zero-order valence-electron chi connectivity index (χ0n) is 9.08. The number of hydrogen-bond donors (Lipinski definition) is 2. The van der Waals surface area contributed by atoms with Crippen molar-refractivity contribution in [3.05, 3.63) is 21.9 Å². The molecule has 0 aliphatic heterocycles. The van der Waals surface area contributed by atoms with E-state index in [1.165, 1.54) is 4.80 Å². The third-order valence-corrected chi connectivity index (χ3v) is 3.15. The highest BCUT2D eigenvalue weighted by Crippen LogP contribution is 2.21. The Labute approximate surface area is 96.7 Å². The molecular formula is C8H13N7S. The summed E-state index contributed by atoms with van der Waals surface area (Å²) in [7, 11) is 1.73. The Balaban J connectivity index is 2.12. The molecule has 8 heteroatoms. The molecule has 1 atom stereocenters. The van der Waals surface area contributed by atoms with Crippen molar-refractivity contribution in [1.82, 2.24) is 30.6 Å². The van der Waals surface area contributed by atoms with Gasteiger partial charge < -0.3 is 0 Å². The molecule has 86 valence electrons. The van der Waals surface area contributed by atoms with Gasteiger partial charge in [-0.15, -0.1) is 21.5 Å². The van der Waals surface area contributed by atoms with Crippen molar-refractivity contribution >= 4 is 11.3 Å². The number of aryl methyl sites for hydroxylation is 2. The zero-order valence-corrected chi connectivity index (χ0v) is 9.90. The first-order valence-electron chi connectivity index (χ1n) is 4.80. The third-order valence-electron chi connectivity index (χ3n) is 2.12. The van der Waals surface area contributed by atoms with Gasteiger partial charge in [0.15, 0.2) is 5.82 Å². The maximum Gasteiger partial charge on any atom is 0.176 e. The molecule has 0 saturated heterocycles. The highest BCUT2D eigenvalue weighted by molar-refractivity contribution is 7.11. The number of nitrogens with one attached hydrogen (secondary N) is 1. The summed E-state index contributed by atoms with van der Waals surface area (Å²) in [6.07, 6.45) is 2.42. The van der Waals surface area contributed by atoms with Crippen LogP contribution in [0.3, 0.4) is 0 Å². The van der Waals surface area contributed by atoms with Crippen molar-refractivity contribution < 1.29 is 0 Å². The van der Waals surface area contributed by atoms with Gasteiger partial charge in [0.05, 0.1) is 18.1 Å². The van der Waals surface area contributed by atoms with E-state index in [0.717, 1.165) is 9.88 Å². The normalized spacial score (nSPS) is 12.9. The number of hydrogen-bond acceptors (Lipinski definition) is 7. The Morgan fingerprint density at radius 2 is 2.44 bits per heavy atom. The minimum Gasteiger partial charge on any atom is -0.271 e. The number of nitrogens with zero attached hydrogens (tertiary/aromatic N) is 5. The molecule has 0 saturated carbocycles. The number of aromatic nitrogens is 5. The monoisotopic (exact) mass is 239 g/mol. The summed E-state index contributed by atoms with van der Waals surface area (Å²) in [6.45, 7) is 1.96. The summed E-state index contributed by atoms with van der Waals surface area (Å²) in [5, 5.41) is 12.8. The van der Waals surface area contributed by atoms with E-state index in [-0.39, 0.29) is 6.04 Å². The van der Waals surface area contributed by atoms with Crippen LogP contribution in [0, 0.1) is 6.92 Å². The molecule has 1 unspecified atom stereocenters. The predicted octanol–water partition coefficient (Wildman–Crippen LogP) is -0.278. The molecule has 0 bridgehead atoms. The van der Waals surface area contributed by atoms with Crippen molar-refractivity contribution in [3.8, 4) is 0 Å². The molecule has 0 fully saturated rings. The highest BCUT2D eigenvalue weighted by atomic mass is 32.1. The van der Waals surface area contributed by atoms with E-state index < -0.39 is 0 Å². The first-order valence-corrected chi connectivity index (χ1v) is 5.62. The van der Waals surface area contributed by atoms with Crippen LogP contribution in [0.1, 0.15) is 21.8 Å². The highest BCUT2D eigenvalue weighted by Gasteiger charge is 2.15. The zero-order chi connectivity index (χ0) is 11.5. The van der Waals surface area contributed by atoms with Crippen LogP contribution in [0.2, 0.25) is 0 Å². The van der Waals surface area contributed by atoms with Crippen LogP contribution in [0.25, 0.3) is 0 Å². The van der Waals surface area contributed by atoms with Crippen molar-refractivity contribution in [3.63, 3.8) is 0 Å². The molecule has 0 spiro atoms. The average molecular weight is 239 g/mol. The quantitative estimate of drug-likeness (QED) is 0.563. The van der Waals surface area contributed by atoms with E-state index in [0.29, 0.717) is 12.2 Å². The molecule has 16 heavy (non-hydrogen) atoms. The van der Waals surface area contributed by atoms with Crippen molar-refractivity contribution in [2.24, 2.45) is 12.9 Å². The van der Waals surface area contributed by atoms with Gasteiger partial charge >= 0.3 is 0 Å². The van der Waals surface area contributed by atoms with Crippen LogP contribution in [0.5, 0.6) is 0 Å². The van der Waals surface area contributed by atoms with E-state index >= 15 is 0 Å². The van der Waals surface area contributed by atoms with Gasteiger partial charge in [0.2, 0.25) is 0 Å². The second kappa shape index (κ2) is 4.64. The molecule has 2 rings (SSSR count). The summed E-state index contributed by atoms with van der Waals surface area (Å²) >= 11 is 1.61. The molecule has 2 aromatic rings. The molecular weight excluding hydrogens is 226 g/mol. The third kappa shape index (κ3) is 2.40. The Morgan fingerprint density at radius 1 is 1.62 bits per heavy atom. The van der Waals surface area contributed by atoms with Crippen LogP contribution in [-0.2, 0) is 13.5 Å². The lowest BCUT2D eigenvalue weighted by atomic mass is 10.2. The first kappa shape index (κ1) is 11.1. The van der Waals surface area contributed by atoms with E-state index in [1.807, 2.05) is 13.1 Å². The number of hydrazine groups is 1. The summed E-state index contributed by atoms with van der Waals surface area (Å²) in [5.74, 6) is 6.18. The lowest BCUT2D eigenvalue weighted by molar-refractivity contribution is 0.543. The second-order valence-corrected chi connectivity index (χ2v) is 4.67. The van der Waals surface area contributed by atoms with Crippen LogP contribution >= 0.6 is 11.3 Å². The van der Waals surface area contributed by atoms with Crippen LogP contribution in [0.15, 0.2) is 6.20 Å². The predicted molar refractivity (Wildman–Crippen MR) is 59.4 cm³/mol. The average Bonchev–Trinajstić information content (AvgIpc) is 2.84. The topological polar surface area (TPSA) is 94.5 Å². The van der Waals surface area contributed by atoms with Crippen LogP contribution in [0.4, 0.5) is 0 Å². The van der Waals surface area contributed by atoms with E-state index in [2.05, 4.69) is 25.8 Å². The van der Waals surface area contributed by atoms with E-state index in [9.17, 15) is 0 Å². The SMILES string of the molecule is Cc1ncc(C(Cc2nnn(C)n2)NN)s1. The number of tetrazole rings is 1. The van der Waals surface area contributed by atoms with Crippen molar-refractivity contribution in [1.29, 1.82) is 0 Å². The summed E-state index contributed by atoms with van der Waals surface area (Å²) in [5.41, 5.74) is 2.74. The Kier molecular flexibility index (Phi) is 3.22. The maximum atomic E-state index is 5.51. The summed E-state index contributed by atoms with van der Waals surface area (Å²) in [4.78, 5) is 6.70. The van der Waals surface area contributed by atoms with Gasteiger partial charge in [0.1, 0.15) is 0 Å². The van der Waals surface area contributed by atoms with Crippen molar-refractivity contribution in [2.45, 2.75) is 19.4 Å². The fourth-order valence-corrected chi connectivity index (χ4v) is 2.21. The molecule has 0 aliphatic carbocycles. The minimum atomic E-state index is -0.0181. The first-order chi connectivity index (χ1) is 7.69. The van der Waals surface area contributed by atoms with Crippen LogP contribution in [-0.4, -0.2) is 25.2 Å². The molecule has 0 aliphatic rings. The fraction of sp³-hybridized carbons (Fsp3) is 0.500. The van der Waals surface area contributed by atoms with Gasteiger partial charge in [-0.25, -0.2) is 4.98 Å². The Hall–Kier alpha value is -1.38. The minimum absolute atomic E-state index is 0.0181. The van der Waals surface area contributed by atoms with Crippen molar-refractivity contribution in [2.75, 3.05) is 0 Å². The van der Waals surface area contributed by atoms with Crippen LogP contribution < -0.4 is 11.3 Å². The van der Waals surface area contributed by atoms with Gasteiger partial charge in [-0.05, 0) is 12.1 Å². The standard InChI is InChI=1S/C8H13N7S/c1-5-10-4-7(16-5)6(11-9)3-8-12-14-15(2)13-8/h4,6,11H,3,9H2,1-2H3. The molecule has 0 aromatic carbocycles. The summed E-state index contributed by atoms with van der Waals surface area (Å²) in [6, 6.07) is -0.0181. The second-order valence-electron chi connectivity index (χ2n) is 3.40. The van der Waals surface area contributed by atoms with E-state index in [4.69, 9.17) is 5.84 Å². The van der Waals surface area contributed by atoms with Gasteiger partial charge in [0, 0.05) is 17.5 Å². The van der Waals surface area contributed by atoms with Gasteiger partial charge in [-0.1, -0.05) is 0 Å². The Bertz CT molecular complexity index is 462. The molecule has 2 heterocycles. The largest absolute Gasteiger partial charge is 0.271 e. The lowest BCUT2D eigenvalue weighted by Crippen LogP contribution is -2.29. The fourth-order valence-electron chi connectivity index (χ4n) is 1.37. The van der Waals surface area contributed by atoms with Gasteiger partial charge in [-0.3, -0.25) is 11.3 Å². The smallest absolute Gasteiger partial charge is 0.176 e. The molecule has 7 nitrogen and oxygen atoms in total. The Morgan fingerprint density at radius 3 is 2.94 bits per heavy atom. The maximum absolute atomic E-state index is 5.51. The lowest BCUT2D eigenvalue weighted by Gasteiger charge is -2.10. The number of thiazole rings is 1.